The van der Waals surface area contributed by atoms with Crippen LogP contribution in [0.25, 0.3) is 0 Å². The highest BCUT2D eigenvalue weighted by atomic mass is 31.1. The van der Waals surface area contributed by atoms with Crippen molar-refractivity contribution in [1.82, 2.24) is 0 Å². The minimum Gasteiger partial charge on any atom is -0.321 e. The Morgan fingerprint density at radius 3 is 1.95 bits per heavy atom. The van der Waals surface area contributed by atoms with Crippen molar-refractivity contribution < 1.29 is 9.36 Å². The Hall–Kier alpha value is -1.66. The van der Waals surface area contributed by atoms with Gasteiger partial charge in [0.25, 0.3) is 0 Å². The van der Waals surface area contributed by atoms with Gasteiger partial charge in [0.15, 0.2) is 5.78 Å². The molecule has 22 heavy (non-hydrogen) atoms. The maximum atomic E-state index is 13.1. The SMILES string of the molecule is Cc1cc(C)c(C(=O)C(C)(C)[PH](=O)c2ccccc2)c(C)c1. The van der Waals surface area contributed by atoms with Crippen LogP contribution in [0.2, 0.25) is 0 Å². The molecule has 0 heterocycles. The van der Waals surface area contributed by atoms with Crippen molar-refractivity contribution in [3.8, 4) is 0 Å². The highest BCUT2D eigenvalue weighted by molar-refractivity contribution is 7.56. The van der Waals surface area contributed by atoms with Crippen LogP contribution in [0.4, 0.5) is 0 Å². The third-order valence-corrected chi connectivity index (χ3v) is 6.30. The Morgan fingerprint density at radius 2 is 1.45 bits per heavy atom. The van der Waals surface area contributed by atoms with Crippen LogP contribution < -0.4 is 5.30 Å². The third-order valence-electron chi connectivity index (χ3n) is 4.08. The molecule has 2 aromatic rings. The average Bonchev–Trinajstić information content (AvgIpc) is 2.46. The summed E-state index contributed by atoms with van der Waals surface area (Å²) in [6.45, 7) is 9.50. The molecule has 1 atom stereocenters. The minimum atomic E-state index is -2.23. The Morgan fingerprint density at radius 1 is 0.955 bits per heavy atom. The van der Waals surface area contributed by atoms with Crippen LogP contribution in [0.1, 0.15) is 40.9 Å². The van der Waals surface area contributed by atoms with Gasteiger partial charge in [0, 0.05) is 10.9 Å². The van der Waals surface area contributed by atoms with Crippen LogP contribution in [0.15, 0.2) is 42.5 Å². The van der Waals surface area contributed by atoms with E-state index in [1.54, 1.807) is 13.8 Å². The van der Waals surface area contributed by atoms with Gasteiger partial charge in [0.2, 0.25) is 0 Å². The summed E-state index contributed by atoms with van der Waals surface area (Å²) in [4.78, 5) is 13.1. The van der Waals surface area contributed by atoms with E-state index in [1.807, 2.05) is 63.2 Å². The predicted molar refractivity (Wildman–Crippen MR) is 94.1 cm³/mol. The summed E-state index contributed by atoms with van der Waals surface area (Å²) in [6.07, 6.45) is 0. The van der Waals surface area contributed by atoms with Gasteiger partial charge in [0.05, 0.1) is 5.16 Å². The van der Waals surface area contributed by atoms with Crippen molar-refractivity contribution in [2.45, 2.75) is 39.8 Å². The van der Waals surface area contributed by atoms with E-state index in [0.717, 1.165) is 22.0 Å². The number of Topliss-reactive ketones (excluding diaryl/α,β-unsaturated/α-hetero) is 1. The van der Waals surface area contributed by atoms with E-state index in [2.05, 4.69) is 0 Å². The summed E-state index contributed by atoms with van der Waals surface area (Å²) in [7, 11) is -2.23. The van der Waals surface area contributed by atoms with Gasteiger partial charge in [-0.05, 0) is 45.7 Å². The normalized spacial score (nSPS) is 13.0. The largest absolute Gasteiger partial charge is 0.321 e. The van der Waals surface area contributed by atoms with Crippen molar-refractivity contribution in [2.75, 3.05) is 0 Å². The van der Waals surface area contributed by atoms with Crippen molar-refractivity contribution in [2.24, 2.45) is 0 Å². The number of carbonyl (C=O) groups is 1. The molecule has 2 rings (SSSR count). The van der Waals surface area contributed by atoms with E-state index in [1.165, 1.54) is 0 Å². The van der Waals surface area contributed by atoms with Crippen LogP contribution in [-0.4, -0.2) is 10.9 Å². The van der Waals surface area contributed by atoms with Crippen molar-refractivity contribution in [3.05, 3.63) is 64.7 Å². The first-order chi connectivity index (χ1) is 10.2. The second-order valence-electron chi connectivity index (χ2n) is 6.42. The Labute approximate surface area is 133 Å². The number of hydrogen-bond acceptors (Lipinski definition) is 2. The molecule has 3 heteroatoms. The molecule has 1 unspecified atom stereocenters. The molecule has 0 aliphatic rings. The van der Waals surface area contributed by atoms with E-state index in [4.69, 9.17) is 0 Å². The summed E-state index contributed by atoms with van der Waals surface area (Å²) >= 11 is 0. The summed E-state index contributed by atoms with van der Waals surface area (Å²) in [5.74, 6) is -0.0322. The third kappa shape index (κ3) is 3.08. The van der Waals surface area contributed by atoms with Crippen molar-refractivity contribution in [1.29, 1.82) is 0 Å². The average molecular weight is 314 g/mol. The molecule has 0 N–H and O–H groups in total. The van der Waals surface area contributed by atoms with Gasteiger partial charge in [-0.25, -0.2) is 0 Å². The number of rotatable bonds is 4. The Kier molecular flexibility index (Phi) is 4.72. The number of hydrogen-bond donors (Lipinski definition) is 0. The maximum absolute atomic E-state index is 13.1. The molecule has 2 aromatic carbocycles. The fraction of sp³-hybridized carbons (Fsp3) is 0.316. The van der Waals surface area contributed by atoms with Crippen LogP contribution in [-0.2, 0) is 4.57 Å². The quantitative estimate of drug-likeness (QED) is 0.617. The van der Waals surface area contributed by atoms with Gasteiger partial charge < -0.3 is 4.57 Å². The molecule has 0 radical (unpaired) electrons. The zero-order valence-corrected chi connectivity index (χ0v) is 14.9. The Bertz CT molecular complexity index is 707. The van der Waals surface area contributed by atoms with Crippen LogP contribution in [0.5, 0.6) is 0 Å². The number of carbonyl (C=O) groups excluding carboxylic acids is 1. The number of benzene rings is 2. The number of ketones is 1. The molecular weight excluding hydrogens is 291 g/mol. The molecule has 0 saturated heterocycles. The zero-order valence-electron chi connectivity index (χ0n) is 13.9. The van der Waals surface area contributed by atoms with E-state index in [-0.39, 0.29) is 5.78 Å². The molecule has 0 aromatic heterocycles. The first-order valence-electron chi connectivity index (χ1n) is 7.47. The van der Waals surface area contributed by atoms with Gasteiger partial charge in [-0.15, -0.1) is 0 Å². The first-order valence-corrected chi connectivity index (χ1v) is 8.88. The standard InChI is InChI=1S/C19H23O2P/c1-13-11-14(2)17(15(3)12-13)18(20)19(4,5)22(21)16-9-7-6-8-10-16/h6-12,22H,1-5H3. The lowest BCUT2D eigenvalue weighted by Crippen LogP contribution is -2.31. The van der Waals surface area contributed by atoms with Gasteiger partial charge in [0.1, 0.15) is 7.80 Å². The summed E-state index contributed by atoms with van der Waals surface area (Å²) < 4.78 is 12.9. The number of aryl methyl sites for hydroxylation is 3. The molecular formula is C19H23O2P. The topological polar surface area (TPSA) is 34.1 Å². The molecule has 116 valence electrons. The molecule has 0 aliphatic carbocycles. The van der Waals surface area contributed by atoms with E-state index in [9.17, 15) is 9.36 Å². The lowest BCUT2D eigenvalue weighted by molar-refractivity contribution is 0.0953. The van der Waals surface area contributed by atoms with E-state index >= 15 is 0 Å². The highest BCUT2D eigenvalue weighted by Gasteiger charge is 2.36. The second-order valence-corrected chi connectivity index (χ2v) is 8.91. The lowest BCUT2D eigenvalue weighted by Gasteiger charge is -2.25. The fourth-order valence-electron chi connectivity index (χ4n) is 2.90. The second kappa shape index (κ2) is 6.22. The summed E-state index contributed by atoms with van der Waals surface area (Å²) in [6, 6.07) is 13.3. The Balaban J connectivity index is 2.46. The lowest BCUT2D eigenvalue weighted by atomic mass is 9.91. The molecule has 0 spiro atoms. The van der Waals surface area contributed by atoms with E-state index in [0.29, 0.717) is 5.56 Å². The fourth-order valence-corrected chi connectivity index (χ4v) is 4.45. The highest BCUT2D eigenvalue weighted by Crippen LogP contribution is 2.41. The van der Waals surface area contributed by atoms with Gasteiger partial charge >= 0.3 is 0 Å². The van der Waals surface area contributed by atoms with Gasteiger partial charge in [-0.2, -0.15) is 0 Å². The summed E-state index contributed by atoms with van der Waals surface area (Å²) in [5, 5.41) is -0.134. The van der Waals surface area contributed by atoms with Crippen LogP contribution >= 0.6 is 7.80 Å². The van der Waals surface area contributed by atoms with Crippen LogP contribution in [0.3, 0.4) is 0 Å². The maximum Gasteiger partial charge on any atom is 0.176 e. The van der Waals surface area contributed by atoms with Crippen molar-refractivity contribution in [3.63, 3.8) is 0 Å². The molecule has 0 bridgehead atoms. The first kappa shape index (κ1) is 16.7. The molecule has 0 amide bonds. The van der Waals surface area contributed by atoms with Crippen LogP contribution in [0, 0.1) is 20.8 Å². The summed E-state index contributed by atoms with van der Waals surface area (Å²) in [5.41, 5.74) is 3.77. The minimum absolute atomic E-state index is 0.0322. The predicted octanol–water partition coefficient (Wildman–Crippen LogP) is 4.46. The smallest absolute Gasteiger partial charge is 0.176 e. The van der Waals surface area contributed by atoms with Gasteiger partial charge in [-0.1, -0.05) is 48.0 Å². The monoisotopic (exact) mass is 314 g/mol. The molecule has 2 nitrogen and oxygen atoms in total. The van der Waals surface area contributed by atoms with Gasteiger partial charge in [-0.3, -0.25) is 4.79 Å². The molecule has 0 aliphatic heterocycles. The molecule has 0 fully saturated rings. The molecule has 0 saturated carbocycles. The van der Waals surface area contributed by atoms with Crippen molar-refractivity contribution >= 4 is 18.9 Å². The van der Waals surface area contributed by atoms with E-state index < -0.39 is 13.0 Å². The zero-order chi connectivity index (χ0) is 16.5.